The van der Waals surface area contributed by atoms with Gasteiger partial charge in [-0.2, -0.15) is 18.4 Å². The summed E-state index contributed by atoms with van der Waals surface area (Å²) in [5, 5.41) is 9.73. The molecule has 0 atom stereocenters. The van der Waals surface area contributed by atoms with E-state index in [1.807, 2.05) is 4.57 Å². The van der Waals surface area contributed by atoms with E-state index < -0.39 is 34.8 Å². The number of urea groups is 1. The van der Waals surface area contributed by atoms with Gasteiger partial charge < -0.3 is 9.47 Å². The van der Waals surface area contributed by atoms with Crippen molar-refractivity contribution < 1.29 is 27.2 Å². The van der Waals surface area contributed by atoms with E-state index in [1.54, 1.807) is 18.3 Å². The molecule has 0 spiro atoms. The molecule has 6 nitrogen and oxygen atoms in total. The van der Waals surface area contributed by atoms with E-state index in [-0.39, 0.29) is 18.0 Å². The number of benzene rings is 2. The Morgan fingerprint density at radius 1 is 1.03 bits per heavy atom. The molecule has 4 rings (SSSR count). The van der Waals surface area contributed by atoms with Gasteiger partial charge in [0.05, 0.1) is 22.9 Å². The minimum Gasteiger partial charge on any atom is -0.347 e. The maximum absolute atomic E-state index is 13.4. The number of imide groups is 1. The van der Waals surface area contributed by atoms with Crippen LogP contribution in [0.4, 0.5) is 28.0 Å². The molecule has 34 heavy (non-hydrogen) atoms. The van der Waals surface area contributed by atoms with Gasteiger partial charge >= 0.3 is 12.2 Å². The molecule has 3 aromatic rings. The highest BCUT2D eigenvalue weighted by Crippen LogP contribution is 2.37. The van der Waals surface area contributed by atoms with Crippen LogP contribution in [0.2, 0.25) is 0 Å². The Labute approximate surface area is 192 Å². The van der Waals surface area contributed by atoms with Gasteiger partial charge in [0.25, 0.3) is 5.91 Å². The van der Waals surface area contributed by atoms with Gasteiger partial charge in [-0.25, -0.2) is 14.1 Å². The number of aryl methyl sites for hydroxylation is 1. The summed E-state index contributed by atoms with van der Waals surface area (Å²) in [7, 11) is 0. The van der Waals surface area contributed by atoms with Crippen LogP contribution in [0, 0.1) is 17.1 Å². The van der Waals surface area contributed by atoms with Crippen LogP contribution in [0.25, 0.3) is 10.9 Å². The van der Waals surface area contributed by atoms with Crippen molar-refractivity contribution >= 4 is 28.5 Å². The minimum absolute atomic E-state index is 0.178. The second-order valence-electron chi connectivity index (χ2n) is 8.54. The van der Waals surface area contributed by atoms with Crippen molar-refractivity contribution in [3.8, 4) is 6.07 Å². The first-order valence-corrected chi connectivity index (χ1v) is 10.5. The number of nitriles is 1. The summed E-state index contributed by atoms with van der Waals surface area (Å²) >= 11 is 0. The molecule has 0 radical (unpaired) electrons. The summed E-state index contributed by atoms with van der Waals surface area (Å²) in [5.41, 5.74) is -2.49. The van der Waals surface area contributed by atoms with Gasteiger partial charge in [-0.1, -0.05) is 0 Å². The summed E-state index contributed by atoms with van der Waals surface area (Å²) in [6.07, 6.45) is -2.56. The van der Waals surface area contributed by atoms with Gasteiger partial charge in [-0.15, -0.1) is 0 Å². The van der Waals surface area contributed by atoms with Gasteiger partial charge in [-0.3, -0.25) is 4.79 Å². The Kier molecular flexibility index (Phi) is 5.59. The first-order valence-electron chi connectivity index (χ1n) is 10.5. The normalized spacial score (nSPS) is 15.9. The van der Waals surface area contributed by atoms with Gasteiger partial charge in [-0.05, 0) is 62.7 Å². The Bertz CT molecular complexity index is 1340. The van der Waals surface area contributed by atoms with Crippen LogP contribution in [-0.4, -0.2) is 33.5 Å². The molecule has 10 heteroatoms. The van der Waals surface area contributed by atoms with Crippen molar-refractivity contribution in [3.05, 3.63) is 65.6 Å². The van der Waals surface area contributed by atoms with Gasteiger partial charge in [0, 0.05) is 30.2 Å². The van der Waals surface area contributed by atoms with Crippen molar-refractivity contribution in [2.24, 2.45) is 0 Å². The highest BCUT2D eigenvalue weighted by molar-refractivity contribution is 6.23. The van der Waals surface area contributed by atoms with E-state index in [1.165, 1.54) is 36.9 Å². The molecule has 176 valence electrons. The van der Waals surface area contributed by atoms with Crippen LogP contribution in [-0.2, 0) is 17.5 Å². The Hall–Kier alpha value is -3.87. The second-order valence-corrected chi connectivity index (χ2v) is 8.54. The number of carbonyl (C=O) groups is 2. The van der Waals surface area contributed by atoms with E-state index in [4.69, 9.17) is 5.26 Å². The molecule has 0 bridgehead atoms. The monoisotopic (exact) mass is 472 g/mol. The molecular formula is C24H20F4N4O2. The molecule has 1 aromatic heterocycles. The number of hydrogen-bond acceptors (Lipinski definition) is 3. The summed E-state index contributed by atoms with van der Waals surface area (Å²) in [6.45, 7) is 3.74. The van der Waals surface area contributed by atoms with Crippen LogP contribution in [0.1, 0.15) is 31.4 Å². The average Bonchev–Trinajstić information content (AvgIpc) is 3.24. The molecule has 3 amide bonds. The number of nitrogens with zero attached hydrogens (tertiary/aromatic N) is 4. The number of amides is 3. The third-order valence-corrected chi connectivity index (χ3v) is 6.02. The fourth-order valence-corrected chi connectivity index (χ4v) is 4.21. The van der Waals surface area contributed by atoms with Crippen molar-refractivity contribution in [3.63, 3.8) is 0 Å². The maximum Gasteiger partial charge on any atom is 0.417 e. The molecule has 2 aromatic carbocycles. The molecule has 0 saturated carbocycles. The van der Waals surface area contributed by atoms with Gasteiger partial charge in [0.15, 0.2) is 0 Å². The second kappa shape index (κ2) is 8.17. The molecule has 0 unspecified atom stereocenters. The molecule has 0 aliphatic carbocycles. The molecule has 1 aliphatic rings. The number of halogens is 4. The molecule has 0 N–H and O–H groups in total. The van der Waals surface area contributed by atoms with E-state index in [9.17, 15) is 27.2 Å². The first kappa shape index (κ1) is 23.3. The van der Waals surface area contributed by atoms with Crippen LogP contribution >= 0.6 is 0 Å². The van der Waals surface area contributed by atoms with E-state index in [0.717, 1.165) is 27.9 Å². The lowest BCUT2D eigenvalue weighted by atomic mass is 10.0. The molecular weight excluding hydrogens is 452 g/mol. The van der Waals surface area contributed by atoms with Gasteiger partial charge in [0.2, 0.25) is 0 Å². The summed E-state index contributed by atoms with van der Waals surface area (Å²) in [5.74, 6) is -0.998. The van der Waals surface area contributed by atoms with Crippen molar-refractivity contribution in [1.29, 1.82) is 5.26 Å². The molecule has 2 heterocycles. The zero-order valence-electron chi connectivity index (χ0n) is 18.4. The van der Waals surface area contributed by atoms with Gasteiger partial charge in [0.1, 0.15) is 11.4 Å². The zero-order valence-corrected chi connectivity index (χ0v) is 18.4. The van der Waals surface area contributed by atoms with E-state index >= 15 is 0 Å². The number of rotatable bonds is 5. The van der Waals surface area contributed by atoms with E-state index in [2.05, 4.69) is 0 Å². The quantitative estimate of drug-likeness (QED) is 0.373. The summed E-state index contributed by atoms with van der Waals surface area (Å²) in [6, 6.07) is 9.73. The Morgan fingerprint density at radius 3 is 2.44 bits per heavy atom. The lowest BCUT2D eigenvalue weighted by Gasteiger charge is -2.27. The smallest absolute Gasteiger partial charge is 0.347 e. The third kappa shape index (κ3) is 3.87. The minimum atomic E-state index is -4.81. The Morgan fingerprint density at radius 2 is 1.76 bits per heavy atom. The van der Waals surface area contributed by atoms with Crippen molar-refractivity contribution in [1.82, 2.24) is 9.47 Å². The van der Waals surface area contributed by atoms with Crippen LogP contribution in [0.15, 0.2) is 48.7 Å². The van der Waals surface area contributed by atoms with Crippen molar-refractivity contribution in [2.75, 3.05) is 11.4 Å². The number of alkyl halides is 3. The first-order chi connectivity index (χ1) is 15.9. The summed E-state index contributed by atoms with van der Waals surface area (Å²) in [4.78, 5) is 28.2. The Balaban J connectivity index is 1.56. The average molecular weight is 472 g/mol. The third-order valence-electron chi connectivity index (χ3n) is 6.02. The molecule has 1 aliphatic heterocycles. The fourth-order valence-electron chi connectivity index (χ4n) is 4.21. The van der Waals surface area contributed by atoms with Crippen LogP contribution in [0.5, 0.6) is 0 Å². The zero-order chi connectivity index (χ0) is 24.8. The number of hydrogen-bond donors (Lipinski definition) is 0. The number of fused-ring (bicyclic) bond motifs is 1. The number of carbonyl (C=O) groups excluding carboxylic acids is 2. The largest absolute Gasteiger partial charge is 0.417 e. The highest BCUT2D eigenvalue weighted by atomic mass is 19.4. The lowest BCUT2D eigenvalue weighted by molar-refractivity contribution is -0.137. The van der Waals surface area contributed by atoms with E-state index in [0.29, 0.717) is 19.0 Å². The van der Waals surface area contributed by atoms with Crippen LogP contribution in [0.3, 0.4) is 0 Å². The SMILES string of the molecule is CC1(C)C(=O)N(c2ccc(C#N)c(C(F)(F)F)c2)C(=O)N1CCCn1ccc2cc(F)ccc21. The standard InChI is InChI=1S/C24H20F4N4O2/c1-23(2)21(33)32(18-6-4-16(14-29)19(13-18)24(26,27)28)22(34)31(23)10-3-9-30-11-8-15-12-17(25)5-7-20(15)30/h4-8,11-13H,3,9-10H2,1-2H3. The lowest BCUT2D eigenvalue weighted by Crippen LogP contribution is -2.44. The summed E-state index contributed by atoms with van der Waals surface area (Å²) < 4.78 is 55.5. The highest BCUT2D eigenvalue weighted by Gasteiger charge is 2.51. The predicted molar refractivity (Wildman–Crippen MR) is 116 cm³/mol. The number of anilines is 1. The maximum atomic E-state index is 13.4. The fraction of sp³-hybridized carbons (Fsp3) is 0.292. The molecule has 1 fully saturated rings. The topological polar surface area (TPSA) is 69.3 Å². The molecule has 1 saturated heterocycles. The van der Waals surface area contributed by atoms with Crippen LogP contribution < -0.4 is 4.90 Å². The predicted octanol–water partition coefficient (Wildman–Crippen LogP) is 5.31. The number of aromatic nitrogens is 1. The van der Waals surface area contributed by atoms with Crippen molar-refractivity contribution in [2.45, 2.75) is 38.5 Å².